The number of thiol groups is 1. The Balaban J connectivity index is 1.77. The van der Waals surface area contributed by atoms with Gasteiger partial charge in [0.05, 0.1) is 11.3 Å². The second-order valence-electron chi connectivity index (χ2n) is 7.65. The maximum absolute atomic E-state index is 12.6. The lowest BCUT2D eigenvalue weighted by atomic mass is 9.67. The largest absolute Gasteiger partial charge is 0.321 e. The van der Waals surface area contributed by atoms with Crippen molar-refractivity contribution >= 4 is 30.3 Å². The summed E-state index contributed by atoms with van der Waals surface area (Å²) in [5, 5.41) is 4.42. The van der Waals surface area contributed by atoms with Gasteiger partial charge in [-0.05, 0) is 36.5 Å². The van der Waals surface area contributed by atoms with Gasteiger partial charge in [-0.25, -0.2) is 0 Å². The molecule has 2 aliphatic heterocycles. The molecule has 20 heavy (non-hydrogen) atoms. The first-order chi connectivity index (χ1) is 9.29. The van der Waals surface area contributed by atoms with Crippen LogP contribution in [0.1, 0.15) is 40.0 Å². The molecule has 0 spiro atoms. The molecule has 5 heteroatoms. The summed E-state index contributed by atoms with van der Waals surface area (Å²) in [4.78, 5) is 14.3. The molecular formula is C15H26N2OS2. The van der Waals surface area contributed by atoms with Crippen molar-refractivity contribution in [1.29, 1.82) is 0 Å². The van der Waals surface area contributed by atoms with E-state index in [1.54, 1.807) is 4.90 Å². The minimum Gasteiger partial charge on any atom is -0.321 e. The summed E-state index contributed by atoms with van der Waals surface area (Å²) in [5.74, 6) is 1.81. The van der Waals surface area contributed by atoms with Crippen LogP contribution >= 0.6 is 24.4 Å². The summed E-state index contributed by atoms with van der Waals surface area (Å²) >= 11 is 6.48. The van der Waals surface area contributed by atoms with Gasteiger partial charge in [0.25, 0.3) is 0 Å². The molecule has 1 saturated carbocycles. The van der Waals surface area contributed by atoms with Gasteiger partial charge >= 0.3 is 0 Å². The lowest BCUT2D eigenvalue weighted by Crippen LogP contribution is -2.58. The van der Waals surface area contributed by atoms with Crippen LogP contribution in [0.4, 0.5) is 0 Å². The quantitative estimate of drug-likeness (QED) is 0.674. The molecule has 1 aliphatic carbocycles. The molecule has 0 radical (unpaired) electrons. The fourth-order valence-corrected chi connectivity index (χ4v) is 6.37. The first kappa shape index (κ1) is 15.0. The molecule has 1 amide bonds. The van der Waals surface area contributed by atoms with Gasteiger partial charge in [0.1, 0.15) is 5.50 Å². The Bertz CT molecular complexity index is 409. The van der Waals surface area contributed by atoms with Crippen molar-refractivity contribution in [2.24, 2.45) is 23.2 Å². The highest BCUT2D eigenvalue weighted by molar-refractivity contribution is 8.00. The van der Waals surface area contributed by atoms with Crippen molar-refractivity contribution in [3.05, 3.63) is 0 Å². The lowest BCUT2D eigenvalue weighted by Gasteiger charge is -2.41. The summed E-state index contributed by atoms with van der Waals surface area (Å²) in [6.45, 7) is 7.06. The average Bonchev–Trinajstić information content (AvgIpc) is 2.71. The minimum atomic E-state index is -0.130. The summed E-state index contributed by atoms with van der Waals surface area (Å²) in [7, 11) is 1.86. The van der Waals surface area contributed by atoms with Crippen molar-refractivity contribution in [2.75, 3.05) is 7.05 Å². The van der Waals surface area contributed by atoms with Crippen molar-refractivity contribution in [3.63, 3.8) is 0 Å². The van der Waals surface area contributed by atoms with Crippen molar-refractivity contribution in [3.8, 4) is 0 Å². The number of hydrogen-bond donors (Lipinski definition) is 2. The molecule has 0 aromatic heterocycles. The van der Waals surface area contributed by atoms with Gasteiger partial charge in [-0.15, -0.1) is 24.4 Å². The average molecular weight is 315 g/mol. The molecule has 3 nitrogen and oxygen atoms in total. The van der Waals surface area contributed by atoms with E-state index < -0.39 is 0 Å². The van der Waals surface area contributed by atoms with Crippen molar-refractivity contribution in [1.82, 2.24) is 10.2 Å². The number of nitrogens with one attached hydrogen (secondary N) is 1. The highest BCUT2D eigenvalue weighted by atomic mass is 32.2. The van der Waals surface area contributed by atoms with Crippen LogP contribution in [0, 0.1) is 23.2 Å². The fraction of sp³-hybridized carbons (Fsp3) is 0.933. The van der Waals surface area contributed by atoms with Crippen LogP contribution in [0.15, 0.2) is 0 Å². The Kier molecular flexibility index (Phi) is 3.83. The molecule has 114 valence electrons. The Labute approximate surface area is 132 Å². The lowest BCUT2D eigenvalue weighted by molar-refractivity contribution is -0.140. The third-order valence-electron chi connectivity index (χ3n) is 5.49. The first-order valence-corrected chi connectivity index (χ1v) is 9.11. The van der Waals surface area contributed by atoms with Gasteiger partial charge in [0.15, 0.2) is 0 Å². The number of carbonyl (C=O) groups excluding carboxylic acids is 1. The second kappa shape index (κ2) is 5.10. The normalized spacial score (nSPS) is 45.2. The standard InChI is InChI=1S/C15H26N2OS2/c1-15(2,3)8-5-6-9-10(7-8)20-12-11(9)13(18)17(4)14(19)16-12/h8-12,14,16,19H,5-7H2,1-4H3. The molecule has 6 atom stereocenters. The third kappa shape index (κ3) is 2.40. The number of carbonyl (C=O) groups is 1. The fourth-order valence-electron chi connectivity index (χ4n) is 4.07. The van der Waals surface area contributed by atoms with E-state index >= 15 is 0 Å². The monoisotopic (exact) mass is 314 g/mol. The van der Waals surface area contributed by atoms with E-state index in [9.17, 15) is 4.79 Å². The van der Waals surface area contributed by atoms with E-state index in [0.29, 0.717) is 22.5 Å². The zero-order valence-electron chi connectivity index (χ0n) is 12.8. The topological polar surface area (TPSA) is 32.3 Å². The first-order valence-electron chi connectivity index (χ1n) is 7.65. The molecular weight excluding hydrogens is 288 g/mol. The van der Waals surface area contributed by atoms with Crippen molar-refractivity contribution in [2.45, 2.75) is 56.2 Å². The van der Waals surface area contributed by atoms with E-state index in [1.165, 1.54) is 19.3 Å². The summed E-state index contributed by atoms with van der Waals surface area (Å²) in [6.07, 6.45) is 3.75. The number of fused-ring (bicyclic) bond motifs is 3. The van der Waals surface area contributed by atoms with E-state index in [1.807, 2.05) is 18.8 Å². The molecule has 2 saturated heterocycles. The minimum absolute atomic E-state index is 0.130. The number of rotatable bonds is 0. The van der Waals surface area contributed by atoms with Crippen LogP contribution in [0.3, 0.4) is 0 Å². The molecule has 3 rings (SSSR count). The highest BCUT2D eigenvalue weighted by Gasteiger charge is 2.54. The van der Waals surface area contributed by atoms with Crippen molar-refractivity contribution < 1.29 is 4.79 Å². The predicted molar refractivity (Wildman–Crippen MR) is 87.6 cm³/mol. The summed E-state index contributed by atoms with van der Waals surface area (Å²) in [6, 6.07) is 0. The van der Waals surface area contributed by atoms with Crippen LogP contribution in [0.2, 0.25) is 0 Å². The van der Waals surface area contributed by atoms with Gasteiger partial charge in [0, 0.05) is 12.3 Å². The van der Waals surface area contributed by atoms with Crippen LogP contribution in [0.25, 0.3) is 0 Å². The molecule has 0 aromatic rings. The highest BCUT2D eigenvalue weighted by Crippen LogP contribution is 2.54. The number of amides is 1. The molecule has 3 aliphatic rings. The molecule has 0 aromatic carbocycles. The zero-order valence-corrected chi connectivity index (χ0v) is 14.5. The van der Waals surface area contributed by atoms with E-state index in [2.05, 4.69) is 38.7 Å². The van der Waals surface area contributed by atoms with Gasteiger partial charge in [-0.1, -0.05) is 20.8 Å². The molecule has 1 N–H and O–H groups in total. The number of nitrogens with zero attached hydrogens (tertiary/aromatic N) is 1. The SMILES string of the molecule is CN1C(=O)C2C(NC1S)SC1CC(C(C)(C)C)CCC12. The Morgan fingerprint density at radius 2 is 2.05 bits per heavy atom. The van der Waals surface area contributed by atoms with Crippen LogP contribution in [-0.2, 0) is 4.79 Å². The smallest absolute Gasteiger partial charge is 0.230 e. The van der Waals surface area contributed by atoms with E-state index in [0.717, 1.165) is 5.92 Å². The Morgan fingerprint density at radius 3 is 2.70 bits per heavy atom. The molecule has 6 unspecified atom stereocenters. The predicted octanol–water partition coefficient (Wildman–Crippen LogP) is 2.78. The van der Waals surface area contributed by atoms with Gasteiger partial charge in [0.2, 0.25) is 5.91 Å². The Morgan fingerprint density at radius 1 is 1.35 bits per heavy atom. The Hall–Kier alpha value is 0.130. The van der Waals surface area contributed by atoms with E-state index in [-0.39, 0.29) is 16.8 Å². The number of hydrogen-bond acceptors (Lipinski definition) is 4. The van der Waals surface area contributed by atoms with Crippen LogP contribution in [-0.4, -0.2) is 34.0 Å². The van der Waals surface area contributed by atoms with Gasteiger partial charge in [-0.3, -0.25) is 10.1 Å². The summed E-state index contributed by atoms with van der Waals surface area (Å²) in [5.41, 5.74) is 0.259. The molecule has 0 bridgehead atoms. The zero-order chi connectivity index (χ0) is 14.7. The third-order valence-corrected chi connectivity index (χ3v) is 7.60. The second-order valence-corrected chi connectivity index (χ2v) is 9.52. The maximum atomic E-state index is 12.6. The van der Waals surface area contributed by atoms with E-state index in [4.69, 9.17) is 0 Å². The maximum Gasteiger partial charge on any atom is 0.230 e. The molecule has 2 heterocycles. The summed E-state index contributed by atoms with van der Waals surface area (Å²) < 4.78 is 0. The van der Waals surface area contributed by atoms with Gasteiger partial charge in [-0.2, -0.15) is 0 Å². The number of thioether (sulfide) groups is 1. The van der Waals surface area contributed by atoms with Crippen LogP contribution < -0.4 is 5.32 Å². The van der Waals surface area contributed by atoms with Crippen LogP contribution in [0.5, 0.6) is 0 Å². The van der Waals surface area contributed by atoms with Gasteiger partial charge < -0.3 is 4.90 Å². The molecule has 3 fully saturated rings.